The molecule has 0 aliphatic carbocycles. The Morgan fingerprint density at radius 3 is 2.60 bits per heavy atom. The predicted octanol–water partition coefficient (Wildman–Crippen LogP) is 3.57. The Morgan fingerprint density at radius 2 is 1.85 bits per heavy atom. The van der Waals surface area contributed by atoms with Gasteiger partial charge in [0.2, 0.25) is 0 Å². The molecule has 0 heterocycles. The highest BCUT2D eigenvalue weighted by Crippen LogP contribution is 2.25. The maximum Gasteiger partial charge on any atom is 0.323 e. The zero-order chi connectivity index (χ0) is 14.5. The Balaban J connectivity index is 2.11. The number of ether oxygens (including phenoxy) is 1. The Bertz CT molecular complexity index is 632. The number of amides is 2. The number of halogens is 1. The van der Waals surface area contributed by atoms with Crippen LogP contribution in [0, 0.1) is 0 Å². The topological polar surface area (TPSA) is 76.4 Å². The number of carbonyl (C=O) groups is 1. The summed E-state index contributed by atoms with van der Waals surface area (Å²) in [5.41, 5.74) is 7.21. The zero-order valence-corrected chi connectivity index (χ0v) is 11.6. The molecule has 104 valence electrons. The molecule has 0 unspecified atom stereocenters. The summed E-state index contributed by atoms with van der Waals surface area (Å²) in [6.07, 6.45) is 0. The van der Waals surface area contributed by atoms with Crippen LogP contribution in [0.15, 0.2) is 42.5 Å². The average Bonchev–Trinajstić information content (AvgIpc) is 2.43. The third-order valence-corrected chi connectivity index (χ3v) is 2.85. The largest absolute Gasteiger partial charge is 0.495 e. The lowest BCUT2D eigenvalue weighted by Crippen LogP contribution is -2.20. The Labute approximate surface area is 121 Å². The standard InChI is InChI=1S/C14H14ClN3O2/c1-20-13-5-3-2-4-11(13)17-14(19)18-12-8-9(15)6-7-10(12)16/h2-8H,16H2,1H3,(H2,17,18,19). The lowest BCUT2D eigenvalue weighted by atomic mass is 10.2. The van der Waals surface area contributed by atoms with Crippen LogP contribution in [0.2, 0.25) is 5.02 Å². The molecular weight excluding hydrogens is 278 g/mol. The van der Waals surface area contributed by atoms with Gasteiger partial charge in [0, 0.05) is 5.02 Å². The number of benzene rings is 2. The van der Waals surface area contributed by atoms with Crippen molar-refractivity contribution in [2.45, 2.75) is 0 Å². The van der Waals surface area contributed by atoms with Gasteiger partial charge in [0.15, 0.2) is 0 Å². The Hall–Kier alpha value is -2.40. The molecule has 0 saturated heterocycles. The number of methoxy groups -OCH3 is 1. The monoisotopic (exact) mass is 291 g/mol. The van der Waals surface area contributed by atoms with Gasteiger partial charge >= 0.3 is 6.03 Å². The minimum Gasteiger partial charge on any atom is -0.495 e. The van der Waals surface area contributed by atoms with Crippen molar-refractivity contribution in [3.05, 3.63) is 47.5 Å². The van der Waals surface area contributed by atoms with Crippen LogP contribution in [0.5, 0.6) is 5.75 Å². The van der Waals surface area contributed by atoms with Gasteiger partial charge in [-0.15, -0.1) is 0 Å². The fourth-order valence-corrected chi connectivity index (χ4v) is 1.83. The van der Waals surface area contributed by atoms with E-state index in [9.17, 15) is 4.79 Å². The van der Waals surface area contributed by atoms with Gasteiger partial charge in [-0.05, 0) is 30.3 Å². The summed E-state index contributed by atoms with van der Waals surface area (Å²) in [6, 6.07) is 11.5. The van der Waals surface area contributed by atoms with Crippen LogP contribution < -0.4 is 21.1 Å². The zero-order valence-electron chi connectivity index (χ0n) is 10.8. The molecule has 0 aliphatic heterocycles. The van der Waals surface area contributed by atoms with E-state index >= 15 is 0 Å². The van der Waals surface area contributed by atoms with Gasteiger partial charge in [0.1, 0.15) is 5.75 Å². The van der Waals surface area contributed by atoms with Crippen LogP contribution in [-0.4, -0.2) is 13.1 Å². The number of urea groups is 1. The molecule has 6 heteroatoms. The summed E-state index contributed by atoms with van der Waals surface area (Å²) in [5.74, 6) is 0.571. The summed E-state index contributed by atoms with van der Waals surface area (Å²) >= 11 is 5.86. The molecule has 2 amide bonds. The van der Waals surface area contributed by atoms with Crippen LogP contribution in [0.3, 0.4) is 0 Å². The molecule has 5 nitrogen and oxygen atoms in total. The van der Waals surface area contributed by atoms with E-state index in [4.69, 9.17) is 22.1 Å². The first-order valence-corrected chi connectivity index (χ1v) is 6.24. The number of carbonyl (C=O) groups excluding carboxylic acids is 1. The minimum absolute atomic E-state index is 0.427. The highest BCUT2D eigenvalue weighted by Gasteiger charge is 2.08. The van der Waals surface area contributed by atoms with Crippen molar-refractivity contribution >= 4 is 34.7 Å². The molecule has 0 atom stereocenters. The molecule has 0 saturated carbocycles. The molecule has 0 bridgehead atoms. The van der Waals surface area contributed by atoms with E-state index in [-0.39, 0.29) is 0 Å². The van der Waals surface area contributed by atoms with E-state index in [0.29, 0.717) is 27.8 Å². The fraction of sp³-hybridized carbons (Fsp3) is 0.0714. The molecular formula is C14H14ClN3O2. The van der Waals surface area contributed by atoms with Crippen LogP contribution in [0.1, 0.15) is 0 Å². The van der Waals surface area contributed by atoms with Crippen LogP contribution in [-0.2, 0) is 0 Å². The molecule has 0 spiro atoms. The smallest absolute Gasteiger partial charge is 0.323 e. The molecule has 2 rings (SSSR count). The van der Waals surface area contributed by atoms with Crippen LogP contribution in [0.4, 0.5) is 21.9 Å². The van der Waals surface area contributed by atoms with E-state index in [2.05, 4.69) is 10.6 Å². The number of para-hydroxylation sites is 2. The number of nitrogen functional groups attached to an aromatic ring is 1. The first kappa shape index (κ1) is 14.0. The lowest BCUT2D eigenvalue weighted by Gasteiger charge is -2.12. The van der Waals surface area contributed by atoms with Gasteiger partial charge in [-0.25, -0.2) is 4.79 Å². The Kier molecular flexibility index (Phi) is 4.32. The maximum atomic E-state index is 11.9. The first-order valence-electron chi connectivity index (χ1n) is 5.86. The van der Waals surface area contributed by atoms with Crippen LogP contribution >= 0.6 is 11.6 Å². The van der Waals surface area contributed by atoms with Crippen LogP contribution in [0.25, 0.3) is 0 Å². The number of hydrogen-bond acceptors (Lipinski definition) is 3. The summed E-state index contributed by atoms with van der Waals surface area (Å²) < 4.78 is 5.15. The maximum absolute atomic E-state index is 11.9. The van der Waals surface area contributed by atoms with Crippen molar-refractivity contribution in [2.24, 2.45) is 0 Å². The molecule has 2 aromatic rings. The summed E-state index contributed by atoms with van der Waals surface area (Å²) in [6.45, 7) is 0. The van der Waals surface area contributed by atoms with Crippen molar-refractivity contribution in [3.63, 3.8) is 0 Å². The average molecular weight is 292 g/mol. The van der Waals surface area contributed by atoms with Gasteiger partial charge in [0.05, 0.1) is 24.2 Å². The first-order chi connectivity index (χ1) is 9.60. The van der Waals surface area contributed by atoms with E-state index in [1.165, 1.54) is 7.11 Å². The molecule has 20 heavy (non-hydrogen) atoms. The highest BCUT2D eigenvalue weighted by molar-refractivity contribution is 6.31. The third kappa shape index (κ3) is 3.33. The molecule has 4 N–H and O–H groups in total. The number of rotatable bonds is 3. The molecule has 2 aromatic carbocycles. The summed E-state index contributed by atoms with van der Waals surface area (Å²) in [4.78, 5) is 11.9. The van der Waals surface area contributed by atoms with Gasteiger partial charge in [-0.1, -0.05) is 23.7 Å². The number of nitrogens with two attached hydrogens (primary N) is 1. The molecule has 0 aromatic heterocycles. The minimum atomic E-state index is -0.427. The molecule has 0 radical (unpaired) electrons. The van der Waals surface area contributed by atoms with Crippen molar-refractivity contribution in [3.8, 4) is 5.75 Å². The van der Waals surface area contributed by atoms with Crippen molar-refractivity contribution in [1.82, 2.24) is 0 Å². The fourth-order valence-electron chi connectivity index (χ4n) is 1.66. The van der Waals surface area contributed by atoms with E-state index in [0.717, 1.165) is 0 Å². The summed E-state index contributed by atoms with van der Waals surface area (Å²) in [5, 5.41) is 5.81. The summed E-state index contributed by atoms with van der Waals surface area (Å²) in [7, 11) is 1.54. The third-order valence-electron chi connectivity index (χ3n) is 2.62. The van der Waals surface area contributed by atoms with Crippen molar-refractivity contribution in [2.75, 3.05) is 23.5 Å². The van der Waals surface area contributed by atoms with Gasteiger partial charge in [0.25, 0.3) is 0 Å². The molecule has 0 aliphatic rings. The lowest BCUT2D eigenvalue weighted by molar-refractivity contribution is 0.262. The van der Waals surface area contributed by atoms with E-state index in [1.807, 2.05) is 6.07 Å². The van der Waals surface area contributed by atoms with Gasteiger partial charge < -0.3 is 21.1 Å². The molecule has 0 fully saturated rings. The second-order valence-electron chi connectivity index (χ2n) is 4.01. The number of nitrogens with one attached hydrogen (secondary N) is 2. The van der Waals surface area contributed by atoms with E-state index in [1.54, 1.807) is 36.4 Å². The second kappa shape index (κ2) is 6.16. The van der Waals surface area contributed by atoms with Crippen molar-refractivity contribution in [1.29, 1.82) is 0 Å². The normalized spacial score (nSPS) is 9.90. The second-order valence-corrected chi connectivity index (χ2v) is 4.45. The highest BCUT2D eigenvalue weighted by atomic mass is 35.5. The number of anilines is 3. The predicted molar refractivity (Wildman–Crippen MR) is 81.5 cm³/mol. The SMILES string of the molecule is COc1ccccc1NC(=O)Nc1cc(Cl)ccc1N. The number of hydrogen-bond donors (Lipinski definition) is 3. The van der Waals surface area contributed by atoms with Gasteiger partial charge in [-0.2, -0.15) is 0 Å². The quantitative estimate of drug-likeness (QED) is 0.757. The Morgan fingerprint density at radius 1 is 1.15 bits per heavy atom. The van der Waals surface area contributed by atoms with E-state index < -0.39 is 6.03 Å². The van der Waals surface area contributed by atoms with Gasteiger partial charge in [-0.3, -0.25) is 0 Å². The van der Waals surface area contributed by atoms with Crippen molar-refractivity contribution < 1.29 is 9.53 Å².